The standard InChI is InChI=1S/C12H16BrNO3/c13-11-5-4-10(17-11)12(16)14-7-2-1-3-9(14)6-8-15/h4-5,9,15H,1-3,6-8H2. The summed E-state index contributed by atoms with van der Waals surface area (Å²) in [5.74, 6) is 0.288. The van der Waals surface area contributed by atoms with Crippen molar-refractivity contribution < 1.29 is 14.3 Å². The summed E-state index contributed by atoms with van der Waals surface area (Å²) < 4.78 is 5.85. The highest BCUT2D eigenvalue weighted by molar-refractivity contribution is 9.10. The summed E-state index contributed by atoms with van der Waals surface area (Å²) in [4.78, 5) is 14.1. The highest BCUT2D eigenvalue weighted by Gasteiger charge is 2.28. The van der Waals surface area contributed by atoms with E-state index < -0.39 is 0 Å². The summed E-state index contributed by atoms with van der Waals surface area (Å²) in [5.41, 5.74) is 0. The molecule has 0 aliphatic carbocycles. The third-order valence-electron chi connectivity index (χ3n) is 3.13. The summed E-state index contributed by atoms with van der Waals surface area (Å²) in [6.07, 6.45) is 3.76. The number of aliphatic hydroxyl groups excluding tert-OH is 1. The van der Waals surface area contributed by atoms with Gasteiger partial charge in [-0.1, -0.05) is 0 Å². The SMILES string of the molecule is O=C(c1ccc(Br)o1)N1CCCCC1CCO. The number of amides is 1. The largest absolute Gasteiger partial charge is 0.444 e. The molecule has 1 atom stereocenters. The van der Waals surface area contributed by atoms with Crippen LogP contribution in [0.15, 0.2) is 21.2 Å². The summed E-state index contributed by atoms with van der Waals surface area (Å²) in [6.45, 7) is 0.873. The van der Waals surface area contributed by atoms with Crippen molar-refractivity contribution in [2.45, 2.75) is 31.7 Å². The van der Waals surface area contributed by atoms with Gasteiger partial charge in [0, 0.05) is 19.2 Å². The highest BCUT2D eigenvalue weighted by Crippen LogP contribution is 2.23. The van der Waals surface area contributed by atoms with Crippen LogP contribution in [-0.2, 0) is 0 Å². The Morgan fingerprint density at radius 2 is 2.35 bits per heavy atom. The molecule has 0 bridgehead atoms. The van der Waals surface area contributed by atoms with Crippen molar-refractivity contribution in [1.29, 1.82) is 0 Å². The van der Waals surface area contributed by atoms with E-state index in [-0.39, 0.29) is 18.6 Å². The molecule has 2 rings (SSSR count). The van der Waals surface area contributed by atoms with E-state index in [9.17, 15) is 4.79 Å². The molecule has 94 valence electrons. The number of rotatable bonds is 3. The number of likely N-dealkylation sites (tertiary alicyclic amines) is 1. The van der Waals surface area contributed by atoms with Gasteiger partial charge < -0.3 is 14.4 Å². The number of hydrogen-bond acceptors (Lipinski definition) is 3. The molecule has 1 fully saturated rings. The van der Waals surface area contributed by atoms with Gasteiger partial charge in [0.2, 0.25) is 0 Å². The number of carbonyl (C=O) groups excluding carboxylic acids is 1. The van der Waals surface area contributed by atoms with E-state index in [0.29, 0.717) is 16.9 Å². The van der Waals surface area contributed by atoms with E-state index in [0.717, 1.165) is 25.8 Å². The molecular formula is C12H16BrNO3. The van der Waals surface area contributed by atoms with Crippen LogP contribution in [-0.4, -0.2) is 35.1 Å². The average molecular weight is 302 g/mol. The molecule has 0 saturated carbocycles. The average Bonchev–Trinajstić information content (AvgIpc) is 2.76. The number of nitrogens with zero attached hydrogens (tertiary/aromatic N) is 1. The van der Waals surface area contributed by atoms with Gasteiger partial charge in [0.05, 0.1) is 0 Å². The summed E-state index contributed by atoms with van der Waals surface area (Å²) in [5, 5.41) is 9.02. The van der Waals surface area contributed by atoms with E-state index in [2.05, 4.69) is 15.9 Å². The zero-order valence-corrected chi connectivity index (χ0v) is 11.1. The lowest BCUT2D eigenvalue weighted by atomic mass is 9.99. The van der Waals surface area contributed by atoms with Crippen molar-refractivity contribution in [3.05, 3.63) is 22.6 Å². The Morgan fingerprint density at radius 1 is 1.53 bits per heavy atom. The topological polar surface area (TPSA) is 53.7 Å². The van der Waals surface area contributed by atoms with Gasteiger partial charge in [-0.3, -0.25) is 4.79 Å². The van der Waals surface area contributed by atoms with Crippen LogP contribution in [0.3, 0.4) is 0 Å². The minimum Gasteiger partial charge on any atom is -0.444 e. The molecule has 1 saturated heterocycles. The lowest BCUT2D eigenvalue weighted by molar-refractivity contribution is 0.0541. The first-order valence-corrected chi connectivity index (χ1v) is 6.69. The normalized spacial score (nSPS) is 20.6. The first-order valence-electron chi connectivity index (χ1n) is 5.89. The Hall–Kier alpha value is -0.810. The van der Waals surface area contributed by atoms with Crippen LogP contribution in [0.4, 0.5) is 0 Å². The van der Waals surface area contributed by atoms with Crippen LogP contribution < -0.4 is 0 Å². The third-order valence-corrected chi connectivity index (χ3v) is 3.56. The zero-order chi connectivity index (χ0) is 12.3. The summed E-state index contributed by atoms with van der Waals surface area (Å²) in [7, 11) is 0. The van der Waals surface area contributed by atoms with Gasteiger partial charge in [0.25, 0.3) is 5.91 Å². The molecule has 1 amide bonds. The lowest BCUT2D eigenvalue weighted by Crippen LogP contribution is -2.44. The van der Waals surface area contributed by atoms with Crippen LogP contribution >= 0.6 is 15.9 Å². The number of halogens is 1. The minimum atomic E-state index is -0.0751. The zero-order valence-electron chi connectivity index (χ0n) is 9.56. The van der Waals surface area contributed by atoms with Gasteiger partial charge in [-0.05, 0) is 53.7 Å². The van der Waals surface area contributed by atoms with E-state index in [1.54, 1.807) is 12.1 Å². The van der Waals surface area contributed by atoms with E-state index in [1.165, 1.54) is 0 Å². The van der Waals surface area contributed by atoms with Crippen molar-refractivity contribution in [1.82, 2.24) is 4.90 Å². The summed E-state index contributed by atoms with van der Waals surface area (Å²) >= 11 is 3.19. The van der Waals surface area contributed by atoms with Crippen molar-refractivity contribution >= 4 is 21.8 Å². The van der Waals surface area contributed by atoms with E-state index in [1.807, 2.05) is 4.90 Å². The van der Waals surface area contributed by atoms with E-state index >= 15 is 0 Å². The molecule has 1 aromatic rings. The Bertz CT molecular complexity index is 389. The Kier molecular flexibility index (Phi) is 4.23. The van der Waals surface area contributed by atoms with Gasteiger partial charge in [-0.2, -0.15) is 0 Å². The molecule has 1 aliphatic heterocycles. The first kappa shape index (κ1) is 12.6. The molecule has 17 heavy (non-hydrogen) atoms. The van der Waals surface area contributed by atoms with Gasteiger partial charge >= 0.3 is 0 Å². The van der Waals surface area contributed by atoms with Gasteiger partial charge in [0.15, 0.2) is 10.4 Å². The molecule has 0 aromatic carbocycles. The van der Waals surface area contributed by atoms with Crippen LogP contribution in [0.25, 0.3) is 0 Å². The second-order valence-corrected chi connectivity index (χ2v) is 5.05. The fourth-order valence-corrected chi connectivity index (χ4v) is 2.59. The quantitative estimate of drug-likeness (QED) is 0.933. The maximum absolute atomic E-state index is 12.2. The van der Waals surface area contributed by atoms with Crippen molar-refractivity contribution in [3.8, 4) is 0 Å². The predicted octanol–water partition coefficient (Wildman–Crippen LogP) is 2.42. The number of piperidine rings is 1. The molecule has 4 nitrogen and oxygen atoms in total. The first-order chi connectivity index (χ1) is 8.22. The van der Waals surface area contributed by atoms with Crippen molar-refractivity contribution in [3.63, 3.8) is 0 Å². The fourth-order valence-electron chi connectivity index (χ4n) is 2.29. The third kappa shape index (κ3) is 2.90. The molecule has 1 unspecified atom stereocenters. The maximum Gasteiger partial charge on any atom is 0.289 e. The van der Waals surface area contributed by atoms with Crippen LogP contribution in [0.2, 0.25) is 0 Å². The van der Waals surface area contributed by atoms with Crippen LogP contribution in [0.1, 0.15) is 36.2 Å². The monoisotopic (exact) mass is 301 g/mol. The minimum absolute atomic E-state index is 0.0751. The molecule has 2 heterocycles. The second kappa shape index (κ2) is 5.69. The van der Waals surface area contributed by atoms with E-state index in [4.69, 9.17) is 9.52 Å². The lowest BCUT2D eigenvalue weighted by Gasteiger charge is -2.34. The number of carbonyl (C=O) groups is 1. The molecule has 1 N–H and O–H groups in total. The Balaban J connectivity index is 2.10. The number of aliphatic hydroxyl groups is 1. The van der Waals surface area contributed by atoms with Crippen LogP contribution in [0, 0.1) is 0 Å². The van der Waals surface area contributed by atoms with Crippen molar-refractivity contribution in [2.75, 3.05) is 13.2 Å². The highest BCUT2D eigenvalue weighted by atomic mass is 79.9. The molecule has 1 aromatic heterocycles. The molecule has 5 heteroatoms. The Morgan fingerprint density at radius 3 is 3.00 bits per heavy atom. The molecule has 0 radical (unpaired) electrons. The maximum atomic E-state index is 12.2. The molecule has 0 spiro atoms. The van der Waals surface area contributed by atoms with Gasteiger partial charge in [-0.25, -0.2) is 0 Å². The van der Waals surface area contributed by atoms with Crippen molar-refractivity contribution in [2.24, 2.45) is 0 Å². The molecule has 1 aliphatic rings. The van der Waals surface area contributed by atoms with Gasteiger partial charge in [0.1, 0.15) is 0 Å². The Labute approximate surface area is 109 Å². The second-order valence-electron chi connectivity index (χ2n) is 4.26. The fraction of sp³-hybridized carbons (Fsp3) is 0.583. The number of furan rings is 1. The molecular weight excluding hydrogens is 286 g/mol. The predicted molar refractivity (Wildman–Crippen MR) is 66.8 cm³/mol. The summed E-state index contributed by atoms with van der Waals surface area (Å²) in [6, 6.07) is 3.54. The number of hydrogen-bond donors (Lipinski definition) is 1. The van der Waals surface area contributed by atoms with Gasteiger partial charge in [-0.15, -0.1) is 0 Å². The smallest absolute Gasteiger partial charge is 0.289 e. The van der Waals surface area contributed by atoms with Crippen LogP contribution in [0.5, 0.6) is 0 Å².